The summed E-state index contributed by atoms with van der Waals surface area (Å²) in [7, 11) is 0. The predicted octanol–water partition coefficient (Wildman–Crippen LogP) is 1.51. The van der Waals surface area contributed by atoms with Crippen LogP contribution in [0.2, 0.25) is 0 Å². The Morgan fingerprint density at radius 1 is 1.26 bits per heavy atom. The van der Waals surface area contributed by atoms with Crippen molar-refractivity contribution in [2.24, 2.45) is 10.7 Å². The van der Waals surface area contributed by atoms with E-state index in [4.69, 9.17) is 5.73 Å². The lowest BCUT2D eigenvalue weighted by atomic mass is 9.96. The van der Waals surface area contributed by atoms with Crippen LogP contribution in [0.15, 0.2) is 4.99 Å². The van der Waals surface area contributed by atoms with E-state index in [1.54, 1.807) is 0 Å². The number of piperidine rings is 1. The highest BCUT2D eigenvalue weighted by Gasteiger charge is 2.18. The number of carbonyl (C=O) groups excluding carboxylic acids is 1. The average Bonchev–Trinajstić information content (AvgIpc) is 2.38. The first-order valence-corrected chi connectivity index (χ1v) is 7.10. The van der Waals surface area contributed by atoms with Crippen molar-refractivity contribution in [3.63, 3.8) is 0 Å². The van der Waals surface area contributed by atoms with E-state index in [9.17, 15) is 4.79 Å². The first-order chi connectivity index (χ1) is 8.74. The number of nitrogens with two attached hydrogens (primary N) is 1. The molecule has 2 rings (SSSR count). The second-order valence-electron chi connectivity index (χ2n) is 5.36. The third-order valence-corrected chi connectivity index (χ3v) is 3.76. The number of guanidine groups is 1. The van der Waals surface area contributed by atoms with Gasteiger partial charge < -0.3 is 16.4 Å². The van der Waals surface area contributed by atoms with Gasteiger partial charge in [-0.25, -0.2) is 0 Å². The van der Waals surface area contributed by atoms with E-state index in [2.05, 4.69) is 15.6 Å². The zero-order valence-corrected chi connectivity index (χ0v) is 13.7. The molecule has 110 valence electrons. The summed E-state index contributed by atoms with van der Waals surface area (Å²) in [5, 5.41) is 6.23. The Kier molecular flexibility index (Phi) is 7.48. The van der Waals surface area contributed by atoms with Gasteiger partial charge in [-0.2, -0.15) is 0 Å². The molecule has 1 atom stereocenters. The van der Waals surface area contributed by atoms with Gasteiger partial charge in [-0.15, -0.1) is 24.0 Å². The van der Waals surface area contributed by atoms with E-state index in [-0.39, 0.29) is 35.9 Å². The normalized spacial score (nSPS) is 25.4. The van der Waals surface area contributed by atoms with Crippen molar-refractivity contribution in [1.82, 2.24) is 10.6 Å². The molecule has 1 saturated heterocycles. The summed E-state index contributed by atoms with van der Waals surface area (Å²) in [5.41, 5.74) is 5.88. The molecule has 19 heavy (non-hydrogen) atoms. The van der Waals surface area contributed by atoms with Crippen LogP contribution in [-0.2, 0) is 4.79 Å². The molecule has 6 heteroatoms. The lowest BCUT2D eigenvalue weighted by Crippen LogP contribution is -2.44. The summed E-state index contributed by atoms with van der Waals surface area (Å²) in [5.74, 6) is 0.669. The summed E-state index contributed by atoms with van der Waals surface area (Å²) in [4.78, 5) is 15.6. The zero-order chi connectivity index (χ0) is 12.8. The van der Waals surface area contributed by atoms with Crippen LogP contribution in [0.1, 0.15) is 51.4 Å². The van der Waals surface area contributed by atoms with Crippen molar-refractivity contribution in [3.05, 3.63) is 0 Å². The lowest BCUT2D eigenvalue weighted by molar-refractivity contribution is -0.123. The van der Waals surface area contributed by atoms with Gasteiger partial charge in [0.25, 0.3) is 0 Å². The van der Waals surface area contributed by atoms with Crippen LogP contribution in [-0.4, -0.2) is 30.5 Å². The van der Waals surface area contributed by atoms with Crippen LogP contribution in [0.25, 0.3) is 0 Å². The Bertz CT molecular complexity index is 316. The molecular weight excluding hydrogens is 355 g/mol. The van der Waals surface area contributed by atoms with E-state index in [0.717, 1.165) is 12.8 Å². The minimum absolute atomic E-state index is 0. The number of hydrogen-bond acceptors (Lipinski definition) is 2. The summed E-state index contributed by atoms with van der Waals surface area (Å²) >= 11 is 0. The molecule has 0 spiro atoms. The third kappa shape index (κ3) is 5.97. The molecule has 0 radical (unpaired) electrons. The molecule has 0 aromatic rings. The number of nitrogens with zero attached hydrogens (tertiary/aromatic N) is 1. The van der Waals surface area contributed by atoms with E-state index in [0.29, 0.717) is 25.0 Å². The van der Waals surface area contributed by atoms with E-state index < -0.39 is 0 Å². The molecule has 5 nitrogen and oxygen atoms in total. The van der Waals surface area contributed by atoms with Crippen LogP contribution >= 0.6 is 24.0 Å². The molecule has 2 aliphatic rings. The summed E-state index contributed by atoms with van der Waals surface area (Å²) < 4.78 is 0. The number of hydrogen-bond donors (Lipinski definition) is 3. The fraction of sp³-hybridized carbons (Fsp3) is 0.846. The minimum Gasteiger partial charge on any atom is -0.370 e. The number of carbonyl (C=O) groups is 1. The maximum atomic E-state index is 11.2. The molecule has 1 aliphatic carbocycles. The van der Waals surface area contributed by atoms with Gasteiger partial charge in [0.1, 0.15) is 0 Å². The smallest absolute Gasteiger partial charge is 0.220 e. The Morgan fingerprint density at radius 3 is 2.68 bits per heavy atom. The molecule has 1 heterocycles. The first-order valence-electron chi connectivity index (χ1n) is 7.10. The van der Waals surface area contributed by atoms with E-state index in [1.807, 2.05) is 0 Å². The van der Waals surface area contributed by atoms with Crippen LogP contribution in [0, 0.1) is 0 Å². The van der Waals surface area contributed by atoms with Gasteiger partial charge in [-0.05, 0) is 25.7 Å². The van der Waals surface area contributed by atoms with Crippen molar-refractivity contribution in [2.45, 2.75) is 63.5 Å². The second kappa shape index (κ2) is 8.60. The average molecular weight is 380 g/mol. The molecule has 1 saturated carbocycles. The van der Waals surface area contributed by atoms with Gasteiger partial charge >= 0.3 is 0 Å². The first kappa shape index (κ1) is 16.5. The Hall–Kier alpha value is -0.530. The Balaban J connectivity index is 0.00000180. The predicted molar refractivity (Wildman–Crippen MR) is 87.7 cm³/mol. The van der Waals surface area contributed by atoms with Crippen molar-refractivity contribution < 1.29 is 4.79 Å². The van der Waals surface area contributed by atoms with Gasteiger partial charge in [-0.3, -0.25) is 9.79 Å². The highest BCUT2D eigenvalue weighted by Crippen LogP contribution is 2.17. The minimum atomic E-state index is 0. The second-order valence-corrected chi connectivity index (χ2v) is 5.36. The fourth-order valence-electron chi connectivity index (χ4n) is 2.73. The van der Waals surface area contributed by atoms with Gasteiger partial charge in [0, 0.05) is 18.5 Å². The number of amides is 1. The molecule has 1 aliphatic heterocycles. The van der Waals surface area contributed by atoms with E-state index in [1.165, 1.54) is 32.1 Å². The summed E-state index contributed by atoms with van der Waals surface area (Å²) in [6, 6.07) is 0.654. The third-order valence-electron chi connectivity index (χ3n) is 3.76. The van der Waals surface area contributed by atoms with Gasteiger partial charge in [0.05, 0.1) is 6.54 Å². The SMILES string of the molecule is I.NC(=NCC1CCCC(=O)N1)NC1CCCCC1. The van der Waals surface area contributed by atoms with Crippen molar-refractivity contribution in [2.75, 3.05) is 6.54 Å². The monoisotopic (exact) mass is 380 g/mol. The van der Waals surface area contributed by atoms with Crippen LogP contribution in [0.3, 0.4) is 0 Å². The number of aliphatic imine (C=N–C) groups is 1. The molecular formula is C13H25IN4O. The molecule has 2 fully saturated rings. The Labute approximate surface area is 132 Å². The van der Waals surface area contributed by atoms with Crippen molar-refractivity contribution in [1.29, 1.82) is 0 Å². The number of rotatable bonds is 3. The quantitative estimate of drug-likeness (QED) is 0.395. The molecule has 1 amide bonds. The Morgan fingerprint density at radius 2 is 2.00 bits per heavy atom. The molecule has 0 aromatic carbocycles. The molecule has 0 bridgehead atoms. The van der Waals surface area contributed by atoms with Gasteiger partial charge in [0.2, 0.25) is 5.91 Å². The summed E-state index contributed by atoms with van der Waals surface area (Å²) in [6.45, 7) is 0.595. The largest absolute Gasteiger partial charge is 0.370 e. The van der Waals surface area contributed by atoms with Crippen LogP contribution in [0.4, 0.5) is 0 Å². The topological polar surface area (TPSA) is 79.5 Å². The standard InChI is InChI=1S/C13H24N4O.HI/c14-13(17-10-5-2-1-3-6-10)15-9-11-7-4-8-12(18)16-11;/h10-11H,1-9H2,(H,16,18)(H3,14,15,17);1H. The van der Waals surface area contributed by atoms with Crippen LogP contribution < -0.4 is 16.4 Å². The maximum absolute atomic E-state index is 11.2. The fourth-order valence-corrected chi connectivity index (χ4v) is 2.73. The highest BCUT2D eigenvalue weighted by molar-refractivity contribution is 14.0. The van der Waals surface area contributed by atoms with Gasteiger partial charge in [0.15, 0.2) is 5.96 Å². The number of halogens is 1. The molecule has 0 aromatic heterocycles. The zero-order valence-electron chi connectivity index (χ0n) is 11.4. The van der Waals surface area contributed by atoms with Crippen LogP contribution in [0.5, 0.6) is 0 Å². The summed E-state index contributed by atoms with van der Waals surface area (Å²) in [6.07, 6.45) is 8.90. The molecule has 1 unspecified atom stereocenters. The molecule has 4 N–H and O–H groups in total. The highest BCUT2D eigenvalue weighted by atomic mass is 127. The maximum Gasteiger partial charge on any atom is 0.220 e. The van der Waals surface area contributed by atoms with Crippen molar-refractivity contribution >= 4 is 35.8 Å². The van der Waals surface area contributed by atoms with E-state index >= 15 is 0 Å². The van der Waals surface area contributed by atoms with Crippen molar-refractivity contribution in [3.8, 4) is 0 Å². The lowest BCUT2D eigenvalue weighted by Gasteiger charge is -2.24. The number of nitrogens with one attached hydrogen (secondary N) is 2. The van der Waals surface area contributed by atoms with Gasteiger partial charge in [-0.1, -0.05) is 19.3 Å².